The van der Waals surface area contributed by atoms with Crippen molar-refractivity contribution in [2.24, 2.45) is 23.7 Å². The van der Waals surface area contributed by atoms with Gasteiger partial charge in [0.15, 0.2) is 5.78 Å². The van der Waals surface area contributed by atoms with Crippen LogP contribution in [0.4, 0.5) is 47.1 Å². The number of benzene rings is 4. The number of rotatable bonds is 15. The van der Waals surface area contributed by atoms with Gasteiger partial charge in [0.05, 0.1) is 33.8 Å². The number of carbonyl (C=O) groups excluding carboxylic acids is 2. The first-order chi connectivity index (χ1) is 64.7. The average Bonchev–Trinajstić information content (AvgIpc) is 1.61. The highest BCUT2D eigenvalue weighted by Crippen LogP contribution is 2.45. The Morgan fingerprint density at radius 1 is 0.356 bits per heavy atom. The summed E-state index contributed by atoms with van der Waals surface area (Å²) in [5.41, 5.74) is 18.1. The van der Waals surface area contributed by atoms with Crippen molar-refractivity contribution >= 4 is 147 Å². The maximum Gasteiger partial charge on any atom is 0.248 e. The maximum absolute atomic E-state index is 12.0. The van der Waals surface area contributed by atoms with E-state index in [0.717, 1.165) is 166 Å². The summed E-state index contributed by atoms with van der Waals surface area (Å²) in [5, 5.41) is 50.9. The molecule has 16 aromatic rings. The first-order valence-corrected chi connectivity index (χ1v) is 47.9. The van der Waals surface area contributed by atoms with Gasteiger partial charge in [-0.2, -0.15) is 19.9 Å². The summed E-state index contributed by atoms with van der Waals surface area (Å²) in [4.78, 5) is 82.6. The van der Waals surface area contributed by atoms with Gasteiger partial charge in [0.2, 0.25) is 29.7 Å². The van der Waals surface area contributed by atoms with Crippen molar-refractivity contribution in [2.45, 2.75) is 212 Å². The molecule has 1 amide bonds. The predicted molar refractivity (Wildman–Crippen MR) is 520 cm³/mol. The number of nitrogens with zero attached hydrogens (tertiary/aromatic N) is 17. The van der Waals surface area contributed by atoms with Crippen LogP contribution in [0, 0.1) is 23.7 Å². The van der Waals surface area contributed by atoms with E-state index < -0.39 is 19.3 Å². The fraction of sp³-hybridized carbons (Fsp3) is 0.404. The third kappa shape index (κ3) is 17.7. The predicted octanol–water partition coefficient (Wildman–Crippen LogP) is 18.6. The summed E-state index contributed by atoms with van der Waals surface area (Å²) in [6.07, 6.45) is 34.4. The van der Waals surface area contributed by atoms with E-state index in [1.807, 2.05) is 55.2 Å². The molecule has 0 bridgehead atoms. The van der Waals surface area contributed by atoms with Gasteiger partial charge in [-0.25, -0.2) is 39.9 Å². The lowest BCUT2D eigenvalue weighted by Gasteiger charge is -2.28. The molecule has 9 N–H and O–H groups in total. The van der Waals surface area contributed by atoms with Crippen molar-refractivity contribution in [1.82, 2.24) is 98.9 Å². The van der Waals surface area contributed by atoms with Gasteiger partial charge < -0.3 is 70.6 Å². The van der Waals surface area contributed by atoms with Gasteiger partial charge in [-0.05, 0) is 241 Å². The fourth-order valence-corrected chi connectivity index (χ4v) is 21.7. The topological polar surface area (TPSA) is 336 Å². The summed E-state index contributed by atoms with van der Waals surface area (Å²) >= 11 is 0. The summed E-state index contributed by atoms with van der Waals surface area (Å²) < 4.78 is 9.78. The molecule has 28 heteroatoms. The molecule has 4 saturated carbocycles. The Morgan fingerprint density at radius 3 is 1.14 bits per heavy atom. The molecule has 4 aliphatic heterocycles. The van der Waals surface area contributed by atoms with Crippen molar-refractivity contribution in [2.75, 3.05) is 54.1 Å². The zero-order chi connectivity index (χ0) is 89.5. The van der Waals surface area contributed by atoms with Gasteiger partial charge in [0.25, 0.3) is 0 Å². The van der Waals surface area contributed by atoms with E-state index in [9.17, 15) is 14.7 Å². The summed E-state index contributed by atoms with van der Waals surface area (Å²) in [6.45, 7) is 13.9. The van der Waals surface area contributed by atoms with Gasteiger partial charge >= 0.3 is 0 Å². The minimum Gasteiger partial charge on any atom is -0.389 e. The van der Waals surface area contributed by atoms with E-state index >= 15 is 0 Å². The number of Topliss-reactive ketones (excluding diaryl/α,β-unsaturated/α-hetero) is 1. The van der Waals surface area contributed by atoms with E-state index in [4.69, 9.17) is 35.0 Å². The Labute approximate surface area is 766 Å². The smallest absolute Gasteiger partial charge is 0.248 e. The highest BCUT2D eigenvalue weighted by Gasteiger charge is 2.33. The minimum atomic E-state index is -0.466. The normalized spacial score (nSPS) is 21.3. The first-order valence-electron chi connectivity index (χ1n) is 47.9. The van der Waals surface area contributed by atoms with E-state index in [1.54, 1.807) is 11.1 Å². The molecular weight excluding hydrogens is 1650 g/mol. The molecule has 4 fully saturated rings. The van der Waals surface area contributed by atoms with Crippen LogP contribution in [0.25, 0.3) is 87.7 Å². The number of anilines is 8. The van der Waals surface area contributed by atoms with Crippen LogP contribution in [0.15, 0.2) is 171 Å². The number of aliphatic hydroxyl groups is 2. The molecule has 4 aromatic carbocycles. The number of fused-ring (bicyclic) bond motifs is 16. The third-order valence-corrected chi connectivity index (χ3v) is 29.2. The van der Waals surface area contributed by atoms with Gasteiger partial charge in [0.1, 0.15) is 59.1 Å². The van der Waals surface area contributed by atoms with Crippen LogP contribution in [0.3, 0.4) is 0 Å². The SMILES string of the molecule is CC1CCC(n2c3ccccc3c3cnc(Nc4cc5c(cn4)CN(C(=O)CO)CC5)nc32)CC1.CC1CCC(n2c3ccccc3c3cnc(Nc4cc5c(cn4)CNCC5)nc32)CC1.CC1CCC(n2c3ccccc3c3cnc(Nc4ccc5c(n4)CC(C(=O)CO)NC5)nc32)CC1.CC1CCC(n2c3ccccc3c3cnc(Nc4ccc5c(n4)CNCC5)nc32)CC1. The Balaban J connectivity index is 0.000000106. The second-order valence-corrected chi connectivity index (χ2v) is 38.0. The zero-order valence-electron chi connectivity index (χ0n) is 75.7. The van der Waals surface area contributed by atoms with Gasteiger partial charge in [-0.1, -0.05) is 113 Å². The third-order valence-electron chi connectivity index (χ3n) is 29.2. The molecule has 1 atom stereocenters. The average molecular weight is 1770 g/mol. The Kier molecular flexibility index (Phi) is 24.6. The molecule has 0 spiro atoms. The number of aromatic nitrogens is 16. The van der Waals surface area contributed by atoms with Crippen molar-refractivity contribution in [3.05, 3.63) is 215 Å². The molecule has 1 unspecified atom stereocenters. The summed E-state index contributed by atoms with van der Waals surface area (Å²) in [6, 6.07) is 48.1. The van der Waals surface area contributed by atoms with E-state index in [-0.39, 0.29) is 11.7 Å². The molecule has 0 radical (unpaired) electrons. The number of aliphatic hydroxyl groups excluding tert-OH is 2. The highest BCUT2D eigenvalue weighted by atomic mass is 16.3. The number of nitrogens with one attached hydrogen (secondary N) is 7. The Bertz CT molecular complexity index is 6770. The number of hydrogen-bond acceptors (Lipinski definition) is 23. The van der Waals surface area contributed by atoms with Crippen molar-refractivity contribution in [1.29, 1.82) is 0 Å². The van der Waals surface area contributed by atoms with Gasteiger partial charge in [-0.15, -0.1) is 0 Å². The lowest BCUT2D eigenvalue weighted by atomic mass is 9.87. The Hall–Kier alpha value is -12.9. The van der Waals surface area contributed by atoms with E-state index in [2.05, 4.69) is 222 Å². The number of ketones is 1. The largest absolute Gasteiger partial charge is 0.389 e. The number of amides is 1. The highest BCUT2D eigenvalue weighted by molar-refractivity contribution is 6.10. The van der Waals surface area contributed by atoms with Crippen molar-refractivity contribution < 1.29 is 19.8 Å². The molecule has 132 heavy (non-hydrogen) atoms. The first kappa shape index (κ1) is 85.9. The molecule has 24 rings (SSSR count). The van der Waals surface area contributed by atoms with E-state index in [1.165, 1.54) is 150 Å². The van der Waals surface area contributed by atoms with E-state index in [0.29, 0.717) is 85.7 Å². The van der Waals surface area contributed by atoms with Crippen LogP contribution >= 0.6 is 0 Å². The van der Waals surface area contributed by atoms with Crippen LogP contribution in [0.1, 0.15) is 199 Å². The zero-order valence-corrected chi connectivity index (χ0v) is 75.7. The summed E-state index contributed by atoms with van der Waals surface area (Å²) in [7, 11) is 0. The lowest BCUT2D eigenvalue weighted by molar-refractivity contribution is -0.135. The monoisotopic (exact) mass is 1760 g/mol. The molecule has 12 aromatic heterocycles. The van der Waals surface area contributed by atoms with Crippen LogP contribution in [-0.2, 0) is 61.5 Å². The number of para-hydroxylation sites is 4. The molecule has 0 saturated heterocycles. The van der Waals surface area contributed by atoms with Gasteiger partial charge in [0, 0.05) is 149 Å². The molecule has 4 aliphatic carbocycles. The number of hydrogen-bond donors (Lipinski definition) is 9. The van der Waals surface area contributed by atoms with Crippen LogP contribution in [-0.4, -0.2) is 144 Å². The standard InChI is InChI=1S/2C27H30N6O2.2C25H28N6/c1-16-6-9-18(10-7-16)33-23-5-3-2-4-19(23)20-14-29-27(32-26(20)33)31-25-11-8-17-13-28-22(24(35)15-34)12-21(17)30-25;1-17-6-8-20(9-7-17)33-23-5-3-2-4-21(23)22-14-29-27(31-26(22)33)30-24-12-18-10-11-32(25(35)16-34)15-19(18)13-28-24;1-16-6-9-18(10-7-16)31-22-5-3-2-4-19(22)20-14-27-25(30-24(20)31)29-23-11-8-17-12-13-26-15-21(17)28-23;1-16-6-8-19(9-7-16)31-22-5-3-2-4-20(22)21-15-28-25(30-24(21)31)29-23-12-17-10-11-26-13-18(17)14-27-23/h2-5,8,11,14,16,18,22,28,34H,6-7,9-10,12-13,15H2,1H3,(H,29,30,31,32);2-5,12-14,17,20,34H,6-11,15-16H2,1H3,(H,28,29,30,31);2-5,8,11,14,16,18,26H,6-7,9-10,12-13,15H2,1H3,(H,27,28,29,30);2-5,12,14-16,19,26H,6-11,13H2,1H3,(H,27,28,29,30). The van der Waals surface area contributed by atoms with Crippen LogP contribution in [0.2, 0.25) is 0 Å². The summed E-state index contributed by atoms with van der Waals surface area (Å²) in [5.74, 6) is 7.97. The minimum absolute atomic E-state index is 0.213. The van der Waals surface area contributed by atoms with Crippen molar-refractivity contribution in [3.8, 4) is 0 Å². The quantitative estimate of drug-likeness (QED) is 0.0460. The van der Waals surface area contributed by atoms with Crippen molar-refractivity contribution in [3.63, 3.8) is 0 Å². The molecule has 16 heterocycles. The molecule has 676 valence electrons. The second-order valence-electron chi connectivity index (χ2n) is 38.0. The number of pyridine rings is 4. The Morgan fingerprint density at radius 2 is 0.727 bits per heavy atom. The fourth-order valence-electron chi connectivity index (χ4n) is 21.7. The maximum atomic E-state index is 12.0. The van der Waals surface area contributed by atoms with Crippen LogP contribution < -0.4 is 37.2 Å². The lowest BCUT2D eigenvalue weighted by Crippen LogP contribution is -2.43. The number of carbonyl (C=O) groups is 2. The van der Waals surface area contributed by atoms with Crippen LogP contribution in [0.5, 0.6) is 0 Å². The van der Waals surface area contributed by atoms with Gasteiger partial charge in [-0.3, -0.25) is 9.59 Å². The molecule has 28 nitrogen and oxygen atoms in total. The molecule has 8 aliphatic rings. The second kappa shape index (κ2) is 37.8. The molecular formula is C104H116N24O4.